The van der Waals surface area contributed by atoms with Crippen LogP contribution in [-0.2, 0) is 0 Å². The molecule has 0 N–H and O–H groups in total. The minimum atomic E-state index is 0.0950. The van der Waals surface area contributed by atoms with Crippen molar-refractivity contribution in [1.29, 1.82) is 0 Å². The van der Waals surface area contributed by atoms with Gasteiger partial charge in [-0.25, -0.2) is 0 Å². The molecule has 2 nitrogen and oxygen atoms in total. The van der Waals surface area contributed by atoms with E-state index in [0.29, 0.717) is 0 Å². The molecule has 0 saturated heterocycles. The molecule has 1 heterocycles. The van der Waals surface area contributed by atoms with Gasteiger partial charge in [0, 0.05) is 15.6 Å². The van der Waals surface area contributed by atoms with Crippen LogP contribution in [0.5, 0.6) is 5.75 Å². The van der Waals surface area contributed by atoms with Crippen LogP contribution in [0.1, 0.15) is 5.56 Å². The molecule has 0 atom stereocenters. The summed E-state index contributed by atoms with van der Waals surface area (Å²) in [5.41, 5.74) is 0.883. The van der Waals surface area contributed by atoms with Crippen molar-refractivity contribution >= 4 is 21.4 Å². The molecular weight excluding hydrogens is 196 g/mol. The van der Waals surface area contributed by atoms with Gasteiger partial charge in [0.25, 0.3) is 0 Å². The monoisotopic (exact) mass is 206 g/mol. The van der Waals surface area contributed by atoms with E-state index in [1.54, 1.807) is 24.5 Å². The van der Waals surface area contributed by atoms with Crippen LogP contribution in [0.15, 0.2) is 28.4 Å². The van der Waals surface area contributed by atoms with Gasteiger partial charge in [0.1, 0.15) is 5.75 Å². The fourth-order valence-corrected chi connectivity index (χ4v) is 2.17. The van der Waals surface area contributed by atoms with Crippen LogP contribution < -0.4 is 10.2 Å². The van der Waals surface area contributed by atoms with Crippen LogP contribution in [-0.4, -0.2) is 7.11 Å². The summed E-state index contributed by atoms with van der Waals surface area (Å²) in [6.45, 7) is 1.83. The second-order valence-electron chi connectivity index (χ2n) is 3.11. The maximum Gasteiger partial charge on any atom is 0.191 e. The molecule has 1 aromatic carbocycles. The first-order valence-electron chi connectivity index (χ1n) is 4.28. The zero-order valence-electron chi connectivity index (χ0n) is 8.03. The Balaban J connectivity index is 2.85. The maximum atomic E-state index is 11.7. The van der Waals surface area contributed by atoms with Crippen molar-refractivity contribution < 1.29 is 4.74 Å². The van der Waals surface area contributed by atoms with Crippen molar-refractivity contribution in [3.63, 3.8) is 0 Å². The van der Waals surface area contributed by atoms with Gasteiger partial charge in [-0.2, -0.15) is 0 Å². The molecule has 3 heteroatoms. The first kappa shape index (κ1) is 9.21. The van der Waals surface area contributed by atoms with Gasteiger partial charge in [-0.1, -0.05) is 0 Å². The predicted octanol–water partition coefficient (Wildman–Crippen LogP) is 2.58. The van der Waals surface area contributed by atoms with Crippen molar-refractivity contribution in [1.82, 2.24) is 0 Å². The lowest BCUT2D eigenvalue weighted by Crippen LogP contribution is -2.03. The van der Waals surface area contributed by atoms with Crippen molar-refractivity contribution in [3.8, 4) is 5.75 Å². The van der Waals surface area contributed by atoms with Crippen molar-refractivity contribution in [2.24, 2.45) is 0 Å². The van der Waals surface area contributed by atoms with E-state index in [1.807, 2.05) is 24.4 Å². The lowest BCUT2D eigenvalue weighted by Gasteiger charge is -2.01. The number of hydrogen-bond acceptors (Lipinski definition) is 3. The zero-order valence-corrected chi connectivity index (χ0v) is 8.85. The van der Waals surface area contributed by atoms with E-state index in [2.05, 4.69) is 0 Å². The molecule has 0 radical (unpaired) electrons. The minimum absolute atomic E-state index is 0.0950. The fraction of sp³-hybridized carbons (Fsp3) is 0.182. The Morgan fingerprint density at radius 3 is 2.86 bits per heavy atom. The number of hydrogen-bond donors (Lipinski definition) is 0. The van der Waals surface area contributed by atoms with Gasteiger partial charge in [0.15, 0.2) is 5.43 Å². The molecule has 14 heavy (non-hydrogen) atoms. The molecule has 72 valence electrons. The molecule has 0 bridgehead atoms. The molecule has 0 spiro atoms. The van der Waals surface area contributed by atoms with E-state index < -0.39 is 0 Å². The number of methoxy groups -OCH3 is 1. The Morgan fingerprint density at radius 2 is 2.14 bits per heavy atom. The normalized spacial score (nSPS) is 10.4. The maximum absolute atomic E-state index is 11.7. The highest BCUT2D eigenvalue weighted by atomic mass is 32.1. The number of ether oxygens (including phenoxy) is 1. The first-order chi connectivity index (χ1) is 6.72. The molecule has 0 saturated carbocycles. The van der Waals surface area contributed by atoms with Crippen LogP contribution >= 0.6 is 11.3 Å². The second-order valence-corrected chi connectivity index (χ2v) is 4.02. The Labute approximate surface area is 85.8 Å². The predicted molar refractivity (Wildman–Crippen MR) is 59.4 cm³/mol. The molecule has 2 aromatic rings. The highest BCUT2D eigenvalue weighted by molar-refractivity contribution is 7.16. The molecular formula is C11H10O2S. The Bertz CT molecular complexity index is 528. The van der Waals surface area contributed by atoms with Crippen LogP contribution in [0.4, 0.5) is 0 Å². The SMILES string of the molecule is COc1ccc2scc(C)c(=O)c2c1. The highest BCUT2D eigenvalue weighted by Crippen LogP contribution is 2.21. The topological polar surface area (TPSA) is 26.3 Å². The molecule has 0 fully saturated rings. The number of rotatable bonds is 1. The number of benzene rings is 1. The molecule has 1 aromatic heterocycles. The summed E-state index contributed by atoms with van der Waals surface area (Å²) in [6.07, 6.45) is 0. The van der Waals surface area contributed by atoms with Gasteiger partial charge in [0.2, 0.25) is 0 Å². The number of fused-ring (bicyclic) bond motifs is 1. The summed E-state index contributed by atoms with van der Waals surface area (Å²) in [4.78, 5) is 11.7. The quantitative estimate of drug-likeness (QED) is 0.716. The minimum Gasteiger partial charge on any atom is -0.497 e. The standard InChI is InChI=1S/C11H10O2S/c1-7-6-14-10-4-3-8(13-2)5-9(10)11(7)12/h3-6H,1-2H3. The Morgan fingerprint density at radius 1 is 1.36 bits per heavy atom. The summed E-state index contributed by atoms with van der Waals surface area (Å²) >= 11 is 1.58. The first-order valence-corrected chi connectivity index (χ1v) is 5.16. The van der Waals surface area contributed by atoms with E-state index in [4.69, 9.17) is 4.74 Å². The Hall–Kier alpha value is -1.35. The van der Waals surface area contributed by atoms with Gasteiger partial charge in [-0.05, 0) is 30.5 Å². The van der Waals surface area contributed by atoms with E-state index in [1.165, 1.54) is 0 Å². The van der Waals surface area contributed by atoms with E-state index in [0.717, 1.165) is 21.4 Å². The highest BCUT2D eigenvalue weighted by Gasteiger charge is 2.02. The summed E-state index contributed by atoms with van der Waals surface area (Å²) in [5, 5.41) is 2.63. The lowest BCUT2D eigenvalue weighted by molar-refractivity contribution is 0.415. The zero-order chi connectivity index (χ0) is 10.1. The fourth-order valence-electron chi connectivity index (χ4n) is 1.33. The van der Waals surface area contributed by atoms with E-state index >= 15 is 0 Å². The van der Waals surface area contributed by atoms with Gasteiger partial charge >= 0.3 is 0 Å². The molecule has 0 aliphatic rings. The van der Waals surface area contributed by atoms with Gasteiger partial charge in [-0.15, -0.1) is 11.3 Å². The summed E-state index contributed by atoms with van der Waals surface area (Å²) in [5.74, 6) is 0.729. The van der Waals surface area contributed by atoms with Crippen LogP contribution in [0, 0.1) is 6.92 Å². The van der Waals surface area contributed by atoms with E-state index in [9.17, 15) is 4.79 Å². The van der Waals surface area contributed by atoms with Crippen LogP contribution in [0.25, 0.3) is 10.1 Å². The van der Waals surface area contributed by atoms with Crippen LogP contribution in [0.2, 0.25) is 0 Å². The van der Waals surface area contributed by atoms with E-state index in [-0.39, 0.29) is 5.43 Å². The smallest absolute Gasteiger partial charge is 0.191 e. The summed E-state index contributed by atoms with van der Waals surface area (Å²) in [7, 11) is 1.60. The van der Waals surface area contributed by atoms with Crippen molar-refractivity contribution in [2.45, 2.75) is 6.92 Å². The number of aryl methyl sites for hydroxylation is 1. The third kappa shape index (κ3) is 1.40. The molecule has 0 aliphatic heterocycles. The molecule has 0 amide bonds. The van der Waals surface area contributed by atoms with Gasteiger partial charge in [0.05, 0.1) is 7.11 Å². The Kier molecular flexibility index (Phi) is 2.25. The van der Waals surface area contributed by atoms with Crippen molar-refractivity contribution in [3.05, 3.63) is 39.4 Å². The molecule has 0 unspecified atom stereocenters. The summed E-state index contributed by atoms with van der Waals surface area (Å²) < 4.78 is 6.08. The molecule has 2 rings (SSSR count). The second kappa shape index (κ2) is 3.42. The third-order valence-electron chi connectivity index (χ3n) is 2.15. The molecule has 0 aliphatic carbocycles. The van der Waals surface area contributed by atoms with Crippen LogP contribution in [0.3, 0.4) is 0 Å². The van der Waals surface area contributed by atoms with Gasteiger partial charge in [-0.3, -0.25) is 4.79 Å². The average molecular weight is 206 g/mol. The lowest BCUT2D eigenvalue weighted by atomic mass is 10.2. The van der Waals surface area contributed by atoms with Gasteiger partial charge < -0.3 is 4.74 Å². The third-order valence-corrected chi connectivity index (χ3v) is 3.23. The van der Waals surface area contributed by atoms with Crippen molar-refractivity contribution in [2.75, 3.05) is 7.11 Å². The largest absolute Gasteiger partial charge is 0.497 e. The summed E-state index contributed by atoms with van der Waals surface area (Å²) in [6, 6.07) is 5.58. The average Bonchev–Trinajstić information content (AvgIpc) is 2.23.